The molecule has 1 saturated heterocycles. The zero-order chi connectivity index (χ0) is 20.1. The Morgan fingerprint density at radius 2 is 1.69 bits per heavy atom. The highest BCUT2D eigenvalue weighted by molar-refractivity contribution is 5.46. The third-order valence-corrected chi connectivity index (χ3v) is 5.54. The number of anilines is 1. The van der Waals surface area contributed by atoms with E-state index in [0.717, 1.165) is 50.5 Å². The minimum atomic E-state index is -0.194. The molecule has 1 unspecified atom stereocenters. The van der Waals surface area contributed by atoms with Crippen LogP contribution in [-0.2, 0) is 6.54 Å². The first kappa shape index (κ1) is 19.5. The van der Waals surface area contributed by atoms with Gasteiger partial charge in [0.1, 0.15) is 5.82 Å². The Morgan fingerprint density at radius 1 is 0.966 bits per heavy atom. The van der Waals surface area contributed by atoms with Gasteiger partial charge in [-0.15, -0.1) is 5.10 Å². The van der Waals surface area contributed by atoms with Gasteiger partial charge in [-0.1, -0.05) is 43.7 Å². The minimum absolute atomic E-state index is 0.194. The van der Waals surface area contributed by atoms with Gasteiger partial charge in [-0.05, 0) is 46.7 Å². The lowest BCUT2D eigenvalue weighted by atomic mass is 10.1. The highest BCUT2D eigenvalue weighted by Crippen LogP contribution is 2.27. The second-order valence-electron chi connectivity index (χ2n) is 7.48. The first-order chi connectivity index (χ1) is 14.2. The van der Waals surface area contributed by atoms with Gasteiger partial charge in [0.25, 0.3) is 0 Å². The van der Waals surface area contributed by atoms with Gasteiger partial charge in [0.2, 0.25) is 0 Å². The van der Waals surface area contributed by atoms with Crippen molar-refractivity contribution in [2.45, 2.75) is 32.4 Å². The van der Waals surface area contributed by atoms with Crippen molar-refractivity contribution in [3.63, 3.8) is 0 Å². The predicted molar refractivity (Wildman–Crippen MR) is 111 cm³/mol. The van der Waals surface area contributed by atoms with E-state index >= 15 is 0 Å². The molecule has 29 heavy (non-hydrogen) atoms. The van der Waals surface area contributed by atoms with Gasteiger partial charge in [0.05, 0.1) is 12.6 Å². The van der Waals surface area contributed by atoms with E-state index in [-0.39, 0.29) is 11.9 Å². The van der Waals surface area contributed by atoms with Crippen molar-refractivity contribution in [3.8, 4) is 0 Å². The number of benzene rings is 2. The van der Waals surface area contributed by atoms with E-state index in [1.54, 1.807) is 0 Å². The zero-order valence-electron chi connectivity index (χ0n) is 16.8. The van der Waals surface area contributed by atoms with Crippen LogP contribution in [0, 0.1) is 5.82 Å². The molecule has 1 aromatic heterocycles. The van der Waals surface area contributed by atoms with Crippen molar-refractivity contribution in [2.24, 2.45) is 0 Å². The summed E-state index contributed by atoms with van der Waals surface area (Å²) in [5.74, 6) is 0.742. The lowest BCUT2D eigenvalue weighted by molar-refractivity contribution is 0.164. The van der Waals surface area contributed by atoms with Crippen LogP contribution in [0.5, 0.6) is 0 Å². The molecule has 6 nitrogen and oxygen atoms in total. The molecule has 1 aliphatic heterocycles. The molecule has 0 radical (unpaired) electrons. The molecule has 0 saturated carbocycles. The Morgan fingerprint density at radius 3 is 2.38 bits per heavy atom. The van der Waals surface area contributed by atoms with Crippen molar-refractivity contribution < 1.29 is 4.39 Å². The van der Waals surface area contributed by atoms with E-state index in [4.69, 9.17) is 0 Å². The summed E-state index contributed by atoms with van der Waals surface area (Å²) < 4.78 is 15.1. The fourth-order valence-electron chi connectivity index (χ4n) is 4.01. The van der Waals surface area contributed by atoms with Crippen molar-refractivity contribution >= 4 is 5.69 Å². The van der Waals surface area contributed by atoms with Gasteiger partial charge >= 0.3 is 0 Å². The first-order valence-corrected chi connectivity index (χ1v) is 10.3. The number of hydrogen-bond donors (Lipinski definition) is 0. The summed E-state index contributed by atoms with van der Waals surface area (Å²) in [5.41, 5.74) is 2.27. The van der Waals surface area contributed by atoms with Crippen molar-refractivity contribution in [2.75, 3.05) is 31.1 Å². The number of hydrogen-bond acceptors (Lipinski definition) is 5. The maximum absolute atomic E-state index is 13.2. The van der Waals surface area contributed by atoms with Crippen molar-refractivity contribution in [1.82, 2.24) is 25.1 Å². The quantitative estimate of drug-likeness (QED) is 0.614. The monoisotopic (exact) mass is 394 g/mol. The second kappa shape index (κ2) is 9.13. The molecule has 3 aromatic rings. The first-order valence-electron chi connectivity index (χ1n) is 10.3. The van der Waals surface area contributed by atoms with E-state index in [9.17, 15) is 4.39 Å². The number of tetrazole rings is 1. The van der Waals surface area contributed by atoms with Crippen LogP contribution in [0.2, 0.25) is 0 Å². The Kier molecular flexibility index (Phi) is 6.14. The highest BCUT2D eigenvalue weighted by atomic mass is 19.1. The van der Waals surface area contributed by atoms with Crippen LogP contribution in [0.15, 0.2) is 54.6 Å². The van der Waals surface area contributed by atoms with Gasteiger partial charge in [0, 0.05) is 31.9 Å². The van der Waals surface area contributed by atoms with Crippen LogP contribution < -0.4 is 4.90 Å². The molecule has 4 rings (SSSR count). The maximum Gasteiger partial charge on any atom is 0.168 e. The molecule has 0 N–H and O–H groups in total. The molecule has 0 bridgehead atoms. The summed E-state index contributed by atoms with van der Waals surface area (Å²) in [7, 11) is 0. The van der Waals surface area contributed by atoms with E-state index < -0.39 is 0 Å². The van der Waals surface area contributed by atoms with Crippen LogP contribution in [0.1, 0.15) is 37.2 Å². The summed E-state index contributed by atoms with van der Waals surface area (Å²) in [6.07, 6.45) is 2.09. The number of piperazine rings is 1. The molecule has 1 fully saturated rings. The summed E-state index contributed by atoms with van der Waals surface area (Å²) in [4.78, 5) is 4.79. The molecular weight excluding hydrogens is 367 g/mol. The fraction of sp³-hybridized carbons (Fsp3) is 0.409. The Balaban J connectivity index is 1.46. The molecule has 0 amide bonds. The lowest BCUT2D eigenvalue weighted by Crippen LogP contribution is -2.48. The smallest absolute Gasteiger partial charge is 0.168 e. The molecule has 2 aromatic carbocycles. The zero-order valence-corrected chi connectivity index (χ0v) is 16.8. The van der Waals surface area contributed by atoms with Crippen LogP contribution in [0.3, 0.4) is 0 Å². The van der Waals surface area contributed by atoms with E-state index in [0.29, 0.717) is 6.54 Å². The molecular formula is C22H27FN6. The fourth-order valence-corrected chi connectivity index (χ4v) is 4.01. The van der Waals surface area contributed by atoms with Gasteiger partial charge in [0.15, 0.2) is 5.82 Å². The number of rotatable bonds is 7. The Bertz CT molecular complexity index is 887. The lowest BCUT2D eigenvalue weighted by Gasteiger charge is -2.39. The van der Waals surface area contributed by atoms with Gasteiger partial charge < -0.3 is 4.90 Å². The molecule has 1 aliphatic rings. The van der Waals surface area contributed by atoms with Crippen LogP contribution >= 0.6 is 0 Å². The number of aromatic nitrogens is 4. The van der Waals surface area contributed by atoms with Gasteiger partial charge in [-0.3, -0.25) is 4.90 Å². The number of halogens is 1. The third-order valence-electron chi connectivity index (χ3n) is 5.54. The summed E-state index contributed by atoms with van der Waals surface area (Å²) in [6.45, 7) is 6.56. The number of nitrogens with zero attached hydrogens (tertiary/aromatic N) is 6. The highest BCUT2D eigenvalue weighted by Gasteiger charge is 2.28. The van der Waals surface area contributed by atoms with E-state index in [1.807, 2.05) is 35.0 Å². The topological polar surface area (TPSA) is 50.1 Å². The standard InChI is InChI=1S/C22H27FN6/c1-2-6-21(22-24-25-26-29(22)17-18-7-4-3-5-8-18)28-15-13-27(14-16-28)20-11-9-19(23)10-12-20/h3-5,7-12,21H,2,6,13-17H2,1H3. The summed E-state index contributed by atoms with van der Waals surface area (Å²) in [5, 5.41) is 12.6. The Hall–Kier alpha value is -2.80. The van der Waals surface area contributed by atoms with E-state index in [1.165, 1.54) is 17.7 Å². The molecule has 0 spiro atoms. The largest absolute Gasteiger partial charge is 0.369 e. The van der Waals surface area contributed by atoms with Crippen molar-refractivity contribution in [3.05, 3.63) is 71.8 Å². The minimum Gasteiger partial charge on any atom is -0.369 e. The Labute approximate surface area is 170 Å². The molecule has 2 heterocycles. The SMILES string of the molecule is CCCC(c1nnnn1Cc1ccccc1)N1CCN(c2ccc(F)cc2)CC1. The average molecular weight is 394 g/mol. The molecule has 0 aliphatic carbocycles. The van der Waals surface area contributed by atoms with Gasteiger partial charge in [-0.25, -0.2) is 9.07 Å². The van der Waals surface area contributed by atoms with Crippen LogP contribution in [-0.4, -0.2) is 51.3 Å². The average Bonchev–Trinajstić information content (AvgIpc) is 3.21. The second-order valence-corrected chi connectivity index (χ2v) is 7.48. The molecule has 7 heteroatoms. The van der Waals surface area contributed by atoms with Crippen LogP contribution in [0.25, 0.3) is 0 Å². The summed E-state index contributed by atoms with van der Waals surface area (Å²) in [6, 6.07) is 17.3. The van der Waals surface area contributed by atoms with Gasteiger partial charge in [-0.2, -0.15) is 0 Å². The molecule has 1 atom stereocenters. The maximum atomic E-state index is 13.2. The normalized spacial score (nSPS) is 16.1. The summed E-state index contributed by atoms with van der Waals surface area (Å²) >= 11 is 0. The van der Waals surface area contributed by atoms with Crippen molar-refractivity contribution in [1.29, 1.82) is 0 Å². The molecule has 152 valence electrons. The third kappa shape index (κ3) is 4.62. The van der Waals surface area contributed by atoms with E-state index in [2.05, 4.69) is 44.4 Å². The van der Waals surface area contributed by atoms with Crippen LogP contribution in [0.4, 0.5) is 10.1 Å². The predicted octanol–water partition coefficient (Wildman–Crippen LogP) is 3.52.